The molecule has 44 valence electrons. The van der Waals surface area contributed by atoms with E-state index in [0.29, 0.717) is 0 Å². The number of hydrogen-bond acceptors (Lipinski definition) is 2. The Morgan fingerprint density at radius 1 is 1.62 bits per heavy atom. The van der Waals surface area contributed by atoms with Gasteiger partial charge < -0.3 is 10.2 Å². The molecule has 0 aromatic heterocycles. The maximum Gasteiger partial charge on any atom is 0.0874 e. The van der Waals surface area contributed by atoms with Crippen LogP contribution in [0.25, 0.3) is 0 Å². The van der Waals surface area contributed by atoms with Crippen LogP contribution in [0.3, 0.4) is 0 Å². The minimum Gasteiger partial charge on any atom is -0.367 e. The lowest BCUT2D eigenvalue weighted by atomic mass is 10.4. The Hall–Kier alpha value is -0.920. The van der Waals surface area contributed by atoms with Crippen molar-refractivity contribution in [2.75, 3.05) is 13.7 Å². The van der Waals surface area contributed by atoms with Gasteiger partial charge in [0, 0.05) is 7.05 Å². The zero-order valence-electron chi connectivity index (χ0n) is 5.07. The first-order chi connectivity index (χ1) is 3.72. The highest BCUT2D eigenvalue weighted by Crippen LogP contribution is 2.11. The molecule has 1 aliphatic rings. The molecule has 0 aliphatic carbocycles. The maximum atomic E-state index is 3.78. The van der Waals surface area contributed by atoms with Gasteiger partial charge in [0.2, 0.25) is 0 Å². The van der Waals surface area contributed by atoms with Crippen LogP contribution in [0.4, 0.5) is 0 Å². The zero-order chi connectivity index (χ0) is 6.15. The van der Waals surface area contributed by atoms with Gasteiger partial charge in [0.15, 0.2) is 0 Å². The molecule has 2 heteroatoms. The molecule has 0 aromatic rings. The van der Waals surface area contributed by atoms with Crippen LogP contribution in [0.5, 0.6) is 0 Å². The van der Waals surface area contributed by atoms with Crippen LogP contribution in [0.15, 0.2) is 24.6 Å². The van der Waals surface area contributed by atoms with E-state index in [1.54, 1.807) is 0 Å². The Labute approximate surface area is 49.5 Å². The fourth-order valence-electron chi connectivity index (χ4n) is 0.642. The molecular formula is C6H10N2. The molecule has 2 nitrogen and oxygen atoms in total. The summed E-state index contributed by atoms with van der Waals surface area (Å²) in [7, 11) is 1.98. The van der Waals surface area contributed by atoms with Crippen LogP contribution in [-0.2, 0) is 0 Å². The Morgan fingerprint density at radius 3 is 2.38 bits per heavy atom. The third kappa shape index (κ3) is 0.579. The molecule has 0 radical (unpaired) electrons. The predicted molar refractivity (Wildman–Crippen MR) is 34.0 cm³/mol. The first-order valence-corrected chi connectivity index (χ1v) is 2.55. The highest BCUT2D eigenvalue weighted by molar-refractivity contribution is 5.25. The van der Waals surface area contributed by atoms with E-state index in [1.165, 1.54) is 0 Å². The highest BCUT2D eigenvalue weighted by atomic mass is 15.3. The lowest BCUT2D eigenvalue weighted by Crippen LogP contribution is -2.14. The fraction of sp³-hybridized carbons (Fsp3) is 0.333. The van der Waals surface area contributed by atoms with Crippen molar-refractivity contribution in [2.24, 2.45) is 0 Å². The van der Waals surface area contributed by atoms with Gasteiger partial charge in [0.1, 0.15) is 0 Å². The van der Waals surface area contributed by atoms with Crippen molar-refractivity contribution >= 4 is 0 Å². The molecule has 1 fully saturated rings. The van der Waals surface area contributed by atoms with E-state index in [4.69, 9.17) is 0 Å². The number of hydrogen-bond donors (Lipinski definition) is 1. The van der Waals surface area contributed by atoms with Gasteiger partial charge in [-0.1, -0.05) is 13.2 Å². The lowest BCUT2D eigenvalue weighted by Gasteiger charge is -2.06. The van der Waals surface area contributed by atoms with Crippen molar-refractivity contribution in [3.8, 4) is 0 Å². The molecule has 1 saturated heterocycles. The maximum absolute atomic E-state index is 3.78. The van der Waals surface area contributed by atoms with E-state index in [0.717, 1.165) is 18.1 Å². The summed E-state index contributed by atoms with van der Waals surface area (Å²) in [6, 6.07) is 0. The van der Waals surface area contributed by atoms with E-state index in [2.05, 4.69) is 18.5 Å². The molecule has 0 saturated carbocycles. The molecule has 0 spiro atoms. The van der Waals surface area contributed by atoms with Crippen LogP contribution in [0.2, 0.25) is 0 Å². The number of nitrogens with one attached hydrogen (secondary N) is 1. The summed E-state index contributed by atoms with van der Waals surface area (Å²) in [6.07, 6.45) is 0. The predicted octanol–water partition coefficient (Wildman–Crippen LogP) is 0.506. The van der Waals surface area contributed by atoms with Crippen molar-refractivity contribution in [3.05, 3.63) is 24.6 Å². The molecule has 0 amide bonds. The second kappa shape index (κ2) is 1.54. The second-order valence-electron chi connectivity index (χ2n) is 1.96. The van der Waals surface area contributed by atoms with E-state index in [1.807, 2.05) is 11.9 Å². The van der Waals surface area contributed by atoms with Gasteiger partial charge in [-0.25, -0.2) is 0 Å². The summed E-state index contributed by atoms with van der Waals surface area (Å²) in [5.41, 5.74) is 1.93. The summed E-state index contributed by atoms with van der Waals surface area (Å²) in [5.74, 6) is 0. The molecular weight excluding hydrogens is 100 g/mol. The summed E-state index contributed by atoms with van der Waals surface area (Å²) >= 11 is 0. The topological polar surface area (TPSA) is 15.3 Å². The molecule has 0 atom stereocenters. The molecule has 0 aromatic carbocycles. The number of nitrogens with zero attached hydrogens (tertiary/aromatic N) is 1. The molecule has 0 bridgehead atoms. The quantitative estimate of drug-likeness (QED) is 0.488. The zero-order valence-corrected chi connectivity index (χ0v) is 5.07. The Morgan fingerprint density at radius 2 is 2.25 bits per heavy atom. The average molecular weight is 110 g/mol. The van der Waals surface area contributed by atoms with E-state index in [9.17, 15) is 0 Å². The van der Waals surface area contributed by atoms with Crippen LogP contribution < -0.4 is 5.32 Å². The molecule has 1 aliphatic heterocycles. The Balaban J connectivity index is 2.71. The van der Waals surface area contributed by atoms with Crippen LogP contribution in [-0.4, -0.2) is 18.6 Å². The molecule has 0 unspecified atom stereocenters. The Kier molecular flexibility index (Phi) is 1.01. The first kappa shape index (κ1) is 5.22. The van der Waals surface area contributed by atoms with Gasteiger partial charge in [0.25, 0.3) is 0 Å². The number of rotatable bonds is 0. The first-order valence-electron chi connectivity index (χ1n) is 2.55. The van der Waals surface area contributed by atoms with Crippen molar-refractivity contribution in [2.45, 2.75) is 0 Å². The van der Waals surface area contributed by atoms with Gasteiger partial charge in [-0.05, 0) is 0 Å². The molecule has 8 heavy (non-hydrogen) atoms. The third-order valence-corrected chi connectivity index (χ3v) is 1.34. The smallest absolute Gasteiger partial charge is 0.0874 e. The third-order valence-electron chi connectivity index (χ3n) is 1.34. The monoisotopic (exact) mass is 110 g/mol. The Bertz CT molecular complexity index is 137. The largest absolute Gasteiger partial charge is 0.367 e. The van der Waals surface area contributed by atoms with Gasteiger partial charge >= 0.3 is 0 Å². The number of likely N-dealkylation sites (N-methyl/N-ethyl adjacent to an activating group) is 1. The molecule has 1 rings (SSSR count). The van der Waals surface area contributed by atoms with Gasteiger partial charge in [-0.15, -0.1) is 0 Å². The summed E-state index contributed by atoms with van der Waals surface area (Å²) in [4.78, 5) is 2.02. The lowest BCUT2D eigenvalue weighted by molar-refractivity contribution is 0.467. The SMILES string of the molecule is C=C1NCN(C)C1=C. The van der Waals surface area contributed by atoms with E-state index in [-0.39, 0.29) is 0 Å². The van der Waals surface area contributed by atoms with Crippen molar-refractivity contribution in [1.29, 1.82) is 0 Å². The van der Waals surface area contributed by atoms with Gasteiger partial charge in [-0.3, -0.25) is 0 Å². The molecule has 1 N–H and O–H groups in total. The van der Waals surface area contributed by atoms with Gasteiger partial charge in [0.05, 0.1) is 18.1 Å². The standard InChI is InChI=1S/C6H10N2/c1-5-6(2)8(3)4-7-5/h7H,1-2,4H2,3H3. The molecule has 1 heterocycles. The van der Waals surface area contributed by atoms with Crippen LogP contribution in [0, 0.1) is 0 Å². The summed E-state index contributed by atoms with van der Waals surface area (Å²) in [5, 5.41) is 3.05. The summed E-state index contributed by atoms with van der Waals surface area (Å²) < 4.78 is 0. The van der Waals surface area contributed by atoms with Gasteiger partial charge in [-0.2, -0.15) is 0 Å². The average Bonchev–Trinajstić information content (AvgIpc) is 1.98. The minimum atomic E-state index is 0.845. The minimum absolute atomic E-state index is 0.845. The van der Waals surface area contributed by atoms with E-state index < -0.39 is 0 Å². The van der Waals surface area contributed by atoms with Crippen molar-refractivity contribution in [1.82, 2.24) is 10.2 Å². The van der Waals surface area contributed by atoms with Crippen LogP contribution >= 0.6 is 0 Å². The summed E-state index contributed by atoms with van der Waals surface area (Å²) in [6.45, 7) is 8.36. The van der Waals surface area contributed by atoms with E-state index >= 15 is 0 Å². The van der Waals surface area contributed by atoms with Crippen molar-refractivity contribution in [3.63, 3.8) is 0 Å². The van der Waals surface area contributed by atoms with Crippen molar-refractivity contribution < 1.29 is 0 Å². The highest BCUT2D eigenvalue weighted by Gasteiger charge is 2.11. The van der Waals surface area contributed by atoms with Crippen LogP contribution in [0.1, 0.15) is 0 Å². The normalized spacial score (nSPS) is 19.4. The second-order valence-corrected chi connectivity index (χ2v) is 1.96. The fourth-order valence-corrected chi connectivity index (χ4v) is 0.642.